The van der Waals surface area contributed by atoms with Gasteiger partial charge in [-0.2, -0.15) is 0 Å². The van der Waals surface area contributed by atoms with Crippen LogP contribution in [-0.4, -0.2) is 56.2 Å². The van der Waals surface area contributed by atoms with Gasteiger partial charge >= 0.3 is 0 Å². The molecule has 0 aliphatic carbocycles. The zero-order valence-electron chi connectivity index (χ0n) is 15.4. The van der Waals surface area contributed by atoms with E-state index in [1.165, 1.54) is 23.2 Å². The number of ether oxygens (including phenoxy) is 2. The number of rotatable bonds is 5. The molecule has 0 fully saturated rings. The van der Waals surface area contributed by atoms with E-state index in [0.29, 0.717) is 24.9 Å². The maximum Gasteiger partial charge on any atom is 0.298 e. The van der Waals surface area contributed by atoms with E-state index in [4.69, 9.17) is 14.5 Å². The summed E-state index contributed by atoms with van der Waals surface area (Å²) in [4.78, 5) is 21.4. The minimum atomic E-state index is -0.213. The molecule has 1 amide bonds. The molecule has 26 heavy (non-hydrogen) atoms. The third-order valence-electron chi connectivity index (χ3n) is 4.18. The molecule has 1 aromatic heterocycles. The maximum absolute atomic E-state index is 12.9. The first kappa shape index (κ1) is 20.5. The number of nitrogens with zero attached hydrogens (tertiary/aromatic N) is 3. The number of carbonyl (C=O) groups excluding carboxylic acids is 1. The summed E-state index contributed by atoms with van der Waals surface area (Å²) in [6.07, 6.45) is 1.40. The standard InChI is InChI=1S/C18H23N3O3S.ClH/c1-12-5-6-15-16(13(12)2)19-18(25-15)21(8-7-20(3)4)17(22)14-11-23-9-10-24-14;/h5-6,11H,7-10H2,1-4H3;1H. The Morgan fingerprint density at radius 2 is 2.00 bits per heavy atom. The Balaban J connectivity index is 0.00000243. The van der Waals surface area contributed by atoms with Crippen molar-refractivity contribution in [2.45, 2.75) is 13.8 Å². The van der Waals surface area contributed by atoms with Gasteiger partial charge in [-0.1, -0.05) is 17.4 Å². The zero-order chi connectivity index (χ0) is 18.0. The topological polar surface area (TPSA) is 54.9 Å². The summed E-state index contributed by atoms with van der Waals surface area (Å²) >= 11 is 1.52. The van der Waals surface area contributed by atoms with Gasteiger partial charge < -0.3 is 14.4 Å². The summed E-state index contributed by atoms with van der Waals surface area (Å²) in [5.74, 6) is 0.0205. The molecule has 8 heteroatoms. The van der Waals surface area contributed by atoms with E-state index in [1.807, 2.05) is 19.0 Å². The lowest BCUT2D eigenvalue weighted by Crippen LogP contribution is -2.38. The molecular weight excluding hydrogens is 374 g/mol. The molecule has 3 rings (SSSR count). The Bertz CT molecular complexity index is 819. The first-order valence-corrected chi connectivity index (χ1v) is 9.07. The number of amides is 1. The number of fused-ring (bicyclic) bond motifs is 1. The molecule has 0 spiro atoms. The number of anilines is 1. The predicted octanol–water partition coefficient (Wildman–Crippen LogP) is 3.12. The second-order valence-electron chi connectivity index (χ2n) is 6.31. The van der Waals surface area contributed by atoms with Gasteiger partial charge in [0.2, 0.25) is 5.76 Å². The Kier molecular flexibility index (Phi) is 6.86. The summed E-state index contributed by atoms with van der Waals surface area (Å²) < 4.78 is 11.8. The van der Waals surface area contributed by atoms with Crippen LogP contribution in [0.3, 0.4) is 0 Å². The smallest absolute Gasteiger partial charge is 0.298 e. The Labute approximate surface area is 163 Å². The first-order valence-electron chi connectivity index (χ1n) is 8.25. The molecule has 1 aliphatic heterocycles. The molecule has 0 saturated heterocycles. The van der Waals surface area contributed by atoms with Crippen LogP contribution < -0.4 is 4.90 Å². The van der Waals surface area contributed by atoms with Crippen molar-refractivity contribution >= 4 is 45.0 Å². The molecule has 0 N–H and O–H groups in total. The van der Waals surface area contributed by atoms with Crippen LogP contribution in [0.25, 0.3) is 10.2 Å². The van der Waals surface area contributed by atoms with E-state index >= 15 is 0 Å². The average molecular weight is 398 g/mol. The lowest BCUT2D eigenvalue weighted by atomic mass is 10.1. The number of likely N-dealkylation sites (N-methyl/N-ethyl adjacent to an activating group) is 1. The highest BCUT2D eigenvalue weighted by molar-refractivity contribution is 7.22. The second-order valence-corrected chi connectivity index (χ2v) is 7.32. The Morgan fingerprint density at radius 3 is 2.65 bits per heavy atom. The van der Waals surface area contributed by atoms with E-state index in [0.717, 1.165) is 22.3 Å². The van der Waals surface area contributed by atoms with Gasteiger partial charge in [-0.05, 0) is 45.1 Å². The lowest BCUT2D eigenvalue weighted by Gasteiger charge is -2.24. The Morgan fingerprint density at radius 1 is 1.23 bits per heavy atom. The third-order valence-corrected chi connectivity index (χ3v) is 5.22. The van der Waals surface area contributed by atoms with Crippen molar-refractivity contribution in [3.05, 3.63) is 35.3 Å². The number of hydrogen-bond donors (Lipinski definition) is 0. The van der Waals surface area contributed by atoms with Gasteiger partial charge in [-0.25, -0.2) is 4.98 Å². The van der Waals surface area contributed by atoms with E-state index in [1.54, 1.807) is 4.90 Å². The first-order chi connectivity index (χ1) is 12.0. The quantitative estimate of drug-likeness (QED) is 0.775. The van der Waals surface area contributed by atoms with Crippen molar-refractivity contribution in [2.75, 3.05) is 45.3 Å². The number of halogens is 1. The average Bonchev–Trinajstić information content (AvgIpc) is 3.03. The van der Waals surface area contributed by atoms with E-state index < -0.39 is 0 Å². The number of thiazole rings is 1. The van der Waals surface area contributed by atoms with Crippen LogP contribution in [-0.2, 0) is 14.3 Å². The number of aromatic nitrogens is 1. The van der Waals surface area contributed by atoms with Crippen molar-refractivity contribution < 1.29 is 14.3 Å². The molecule has 0 bridgehead atoms. The monoisotopic (exact) mass is 397 g/mol. The van der Waals surface area contributed by atoms with Crippen molar-refractivity contribution in [2.24, 2.45) is 0 Å². The lowest BCUT2D eigenvalue weighted by molar-refractivity contribution is -0.119. The number of hydrogen-bond acceptors (Lipinski definition) is 6. The molecule has 1 aliphatic rings. The van der Waals surface area contributed by atoms with Crippen molar-refractivity contribution in [1.29, 1.82) is 0 Å². The van der Waals surface area contributed by atoms with Crippen molar-refractivity contribution in [3.63, 3.8) is 0 Å². The normalized spacial score (nSPS) is 13.7. The minimum Gasteiger partial charge on any atom is -0.494 e. The van der Waals surface area contributed by atoms with Gasteiger partial charge in [0.15, 0.2) is 5.13 Å². The number of carbonyl (C=O) groups is 1. The largest absolute Gasteiger partial charge is 0.494 e. The second kappa shape index (κ2) is 8.70. The summed E-state index contributed by atoms with van der Waals surface area (Å²) in [6, 6.07) is 4.15. The molecule has 0 atom stereocenters. The van der Waals surface area contributed by atoms with Crippen LogP contribution in [0.5, 0.6) is 0 Å². The predicted molar refractivity (Wildman–Crippen MR) is 107 cm³/mol. The molecular formula is C18H24ClN3O3S. The molecule has 2 heterocycles. The van der Waals surface area contributed by atoms with E-state index in [2.05, 4.69) is 26.0 Å². The molecule has 142 valence electrons. The molecule has 0 unspecified atom stereocenters. The molecule has 2 aromatic rings. The van der Waals surface area contributed by atoms with Crippen LogP contribution in [0.2, 0.25) is 0 Å². The van der Waals surface area contributed by atoms with Gasteiger partial charge in [0, 0.05) is 13.1 Å². The highest BCUT2D eigenvalue weighted by Crippen LogP contribution is 2.32. The summed E-state index contributed by atoms with van der Waals surface area (Å²) in [7, 11) is 3.96. The summed E-state index contributed by atoms with van der Waals surface area (Å²) in [5, 5.41) is 0.686. The van der Waals surface area contributed by atoms with Crippen LogP contribution in [0.15, 0.2) is 24.2 Å². The zero-order valence-corrected chi connectivity index (χ0v) is 17.1. The third kappa shape index (κ3) is 4.28. The fourth-order valence-corrected chi connectivity index (χ4v) is 3.58. The summed E-state index contributed by atoms with van der Waals surface area (Å²) in [6.45, 7) is 6.25. The summed E-state index contributed by atoms with van der Waals surface area (Å²) in [5.41, 5.74) is 3.30. The van der Waals surface area contributed by atoms with E-state index in [9.17, 15) is 4.79 Å². The molecule has 0 saturated carbocycles. The molecule has 6 nitrogen and oxygen atoms in total. The molecule has 1 aromatic carbocycles. The van der Waals surface area contributed by atoms with Gasteiger partial charge in [-0.15, -0.1) is 12.4 Å². The van der Waals surface area contributed by atoms with Gasteiger partial charge in [0.05, 0.1) is 10.2 Å². The van der Waals surface area contributed by atoms with Gasteiger partial charge in [-0.3, -0.25) is 9.69 Å². The van der Waals surface area contributed by atoms with Crippen LogP contribution in [0.4, 0.5) is 5.13 Å². The van der Waals surface area contributed by atoms with Crippen LogP contribution in [0.1, 0.15) is 11.1 Å². The minimum absolute atomic E-state index is 0. The van der Waals surface area contributed by atoms with Gasteiger partial charge in [0.25, 0.3) is 5.91 Å². The fourth-order valence-electron chi connectivity index (χ4n) is 2.53. The van der Waals surface area contributed by atoms with Crippen LogP contribution in [0, 0.1) is 13.8 Å². The van der Waals surface area contributed by atoms with E-state index in [-0.39, 0.29) is 24.1 Å². The van der Waals surface area contributed by atoms with Crippen LogP contribution >= 0.6 is 23.7 Å². The fraction of sp³-hybridized carbons (Fsp3) is 0.444. The van der Waals surface area contributed by atoms with Crippen molar-refractivity contribution in [1.82, 2.24) is 9.88 Å². The maximum atomic E-state index is 12.9. The SMILES string of the molecule is Cc1ccc2sc(N(CCN(C)C)C(=O)C3=COCCO3)nc2c1C.Cl. The Hall–Kier alpha value is -1.83. The number of benzene rings is 1. The number of aryl methyl sites for hydroxylation is 2. The van der Waals surface area contributed by atoms with Gasteiger partial charge in [0.1, 0.15) is 19.5 Å². The molecule has 0 radical (unpaired) electrons. The highest BCUT2D eigenvalue weighted by atomic mass is 35.5. The van der Waals surface area contributed by atoms with Crippen molar-refractivity contribution in [3.8, 4) is 0 Å². The highest BCUT2D eigenvalue weighted by Gasteiger charge is 2.26.